The van der Waals surface area contributed by atoms with Crippen LogP contribution in [0.15, 0.2) is 18.2 Å². The molecule has 0 radical (unpaired) electrons. The van der Waals surface area contributed by atoms with Gasteiger partial charge in [-0.25, -0.2) is 0 Å². The molecule has 1 aliphatic rings. The summed E-state index contributed by atoms with van der Waals surface area (Å²) in [6, 6.07) is 4.79. The van der Waals surface area contributed by atoms with Gasteiger partial charge in [0.25, 0.3) is 11.8 Å². The third kappa shape index (κ3) is 3.08. The highest BCUT2D eigenvalue weighted by molar-refractivity contribution is 6.21. The van der Waals surface area contributed by atoms with Crippen LogP contribution in [0.4, 0.5) is 5.69 Å². The van der Waals surface area contributed by atoms with Gasteiger partial charge in [-0.2, -0.15) is 0 Å². The summed E-state index contributed by atoms with van der Waals surface area (Å²) in [5.41, 5.74) is 7.12. The molecule has 21 heavy (non-hydrogen) atoms. The molecule has 1 heterocycles. The van der Waals surface area contributed by atoms with E-state index in [1.165, 1.54) is 4.90 Å². The van der Waals surface area contributed by atoms with E-state index in [-0.39, 0.29) is 17.9 Å². The molecule has 2 amide bonds. The molecule has 0 aromatic heterocycles. The molecule has 1 aliphatic heterocycles. The van der Waals surface area contributed by atoms with Crippen LogP contribution in [-0.4, -0.2) is 48.3 Å². The first-order chi connectivity index (χ1) is 9.81. The molecule has 2 rings (SSSR count). The Morgan fingerprint density at radius 3 is 2.33 bits per heavy atom. The van der Waals surface area contributed by atoms with Gasteiger partial charge in [0.1, 0.15) is 0 Å². The molecule has 2 N–H and O–H groups in total. The van der Waals surface area contributed by atoms with E-state index in [1.54, 1.807) is 18.2 Å². The third-order valence-corrected chi connectivity index (χ3v) is 3.63. The van der Waals surface area contributed by atoms with Crippen molar-refractivity contribution in [2.75, 3.05) is 26.4 Å². The van der Waals surface area contributed by atoms with Crippen LogP contribution >= 0.6 is 0 Å². The van der Waals surface area contributed by atoms with Gasteiger partial charge in [0.05, 0.1) is 17.2 Å². The summed E-state index contributed by atoms with van der Waals surface area (Å²) < 4.78 is 0. The van der Waals surface area contributed by atoms with Crippen LogP contribution in [-0.2, 0) is 0 Å². The maximum absolute atomic E-state index is 12.6. The molecule has 1 aromatic rings. The molecule has 0 saturated heterocycles. The van der Waals surface area contributed by atoms with Gasteiger partial charge in [-0.05, 0) is 44.6 Å². The molecule has 5 nitrogen and oxygen atoms in total. The van der Waals surface area contributed by atoms with Crippen LogP contribution in [0.2, 0.25) is 0 Å². The number of hydrogen-bond acceptors (Lipinski definition) is 4. The minimum atomic E-state index is -0.227. The van der Waals surface area contributed by atoms with Gasteiger partial charge in [-0.15, -0.1) is 0 Å². The van der Waals surface area contributed by atoms with Crippen molar-refractivity contribution in [3.05, 3.63) is 29.3 Å². The summed E-state index contributed by atoms with van der Waals surface area (Å²) >= 11 is 0. The van der Waals surface area contributed by atoms with E-state index in [0.717, 1.165) is 6.42 Å². The molecule has 1 aromatic carbocycles. The number of fused-ring (bicyclic) bond motifs is 1. The lowest BCUT2D eigenvalue weighted by atomic mass is 10.0. The SMILES string of the molecule is CC(C)CC(CN(C)C)N1C(=O)c2ccc(N)cc2C1=O. The second kappa shape index (κ2) is 5.85. The molecule has 114 valence electrons. The van der Waals surface area contributed by atoms with Gasteiger partial charge < -0.3 is 10.6 Å². The average molecular weight is 289 g/mol. The predicted octanol–water partition coefficient (Wildman–Crippen LogP) is 1.84. The van der Waals surface area contributed by atoms with Gasteiger partial charge >= 0.3 is 0 Å². The topological polar surface area (TPSA) is 66.6 Å². The van der Waals surface area contributed by atoms with Crippen molar-refractivity contribution in [3.8, 4) is 0 Å². The number of imide groups is 1. The van der Waals surface area contributed by atoms with Crippen molar-refractivity contribution in [1.82, 2.24) is 9.80 Å². The van der Waals surface area contributed by atoms with Crippen molar-refractivity contribution >= 4 is 17.5 Å². The number of rotatable bonds is 5. The number of nitrogens with zero attached hydrogens (tertiary/aromatic N) is 2. The molecule has 1 unspecified atom stereocenters. The minimum absolute atomic E-state index is 0.117. The Hall–Kier alpha value is -1.88. The van der Waals surface area contributed by atoms with Crippen LogP contribution in [0.3, 0.4) is 0 Å². The Bertz CT molecular complexity index is 557. The molecule has 0 fully saturated rings. The monoisotopic (exact) mass is 289 g/mol. The van der Waals surface area contributed by atoms with Crippen molar-refractivity contribution in [2.45, 2.75) is 26.3 Å². The van der Waals surface area contributed by atoms with Gasteiger partial charge in [-0.3, -0.25) is 14.5 Å². The number of carbonyl (C=O) groups excluding carboxylic acids is 2. The van der Waals surface area contributed by atoms with Crippen molar-refractivity contribution < 1.29 is 9.59 Å². The molecule has 1 atom stereocenters. The fourth-order valence-corrected chi connectivity index (χ4v) is 2.84. The Morgan fingerprint density at radius 1 is 1.14 bits per heavy atom. The van der Waals surface area contributed by atoms with Crippen LogP contribution in [0.1, 0.15) is 41.0 Å². The summed E-state index contributed by atoms with van der Waals surface area (Å²) in [7, 11) is 3.90. The van der Waals surface area contributed by atoms with Crippen LogP contribution in [0, 0.1) is 5.92 Å². The average Bonchev–Trinajstić information content (AvgIpc) is 2.59. The van der Waals surface area contributed by atoms with E-state index in [9.17, 15) is 9.59 Å². The van der Waals surface area contributed by atoms with Gasteiger partial charge in [0, 0.05) is 12.2 Å². The summed E-state index contributed by atoms with van der Waals surface area (Å²) in [5, 5.41) is 0. The first-order valence-corrected chi connectivity index (χ1v) is 7.23. The fourth-order valence-electron chi connectivity index (χ4n) is 2.84. The lowest BCUT2D eigenvalue weighted by molar-refractivity contribution is 0.0539. The quantitative estimate of drug-likeness (QED) is 0.663. The zero-order chi connectivity index (χ0) is 15.7. The van der Waals surface area contributed by atoms with Crippen molar-refractivity contribution in [2.24, 2.45) is 5.92 Å². The van der Waals surface area contributed by atoms with Crippen LogP contribution in [0.5, 0.6) is 0 Å². The fraction of sp³-hybridized carbons (Fsp3) is 0.500. The number of nitrogen functional groups attached to an aromatic ring is 1. The molecule has 0 bridgehead atoms. The molecule has 0 aliphatic carbocycles. The lowest BCUT2D eigenvalue weighted by Gasteiger charge is -2.30. The first kappa shape index (κ1) is 15.5. The number of likely N-dealkylation sites (N-methyl/N-ethyl adjacent to an activating group) is 1. The Labute approximate surface area is 125 Å². The highest BCUT2D eigenvalue weighted by Crippen LogP contribution is 2.28. The molecule has 0 spiro atoms. The van der Waals surface area contributed by atoms with Crippen molar-refractivity contribution in [3.63, 3.8) is 0 Å². The van der Waals surface area contributed by atoms with E-state index < -0.39 is 0 Å². The highest BCUT2D eigenvalue weighted by Gasteiger charge is 2.40. The summed E-state index contributed by atoms with van der Waals surface area (Å²) in [5.74, 6) is -0.0263. The Morgan fingerprint density at radius 2 is 1.76 bits per heavy atom. The smallest absolute Gasteiger partial charge is 0.261 e. The zero-order valence-corrected chi connectivity index (χ0v) is 13.1. The minimum Gasteiger partial charge on any atom is -0.399 e. The summed E-state index contributed by atoms with van der Waals surface area (Å²) in [6.45, 7) is 4.86. The maximum atomic E-state index is 12.6. The number of amides is 2. The van der Waals surface area contributed by atoms with E-state index in [0.29, 0.717) is 29.3 Å². The van der Waals surface area contributed by atoms with Gasteiger partial charge in [0.15, 0.2) is 0 Å². The largest absolute Gasteiger partial charge is 0.399 e. The Balaban J connectivity index is 2.35. The first-order valence-electron chi connectivity index (χ1n) is 7.23. The van der Waals surface area contributed by atoms with Crippen LogP contribution in [0.25, 0.3) is 0 Å². The second-order valence-electron chi connectivity index (χ2n) is 6.33. The number of anilines is 1. The Kier molecular flexibility index (Phi) is 4.32. The van der Waals surface area contributed by atoms with E-state index >= 15 is 0 Å². The maximum Gasteiger partial charge on any atom is 0.261 e. The van der Waals surface area contributed by atoms with Gasteiger partial charge in [-0.1, -0.05) is 13.8 Å². The normalized spacial score (nSPS) is 16.0. The number of carbonyl (C=O) groups is 2. The lowest BCUT2D eigenvalue weighted by Crippen LogP contribution is -2.46. The summed E-state index contributed by atoms with van der Waals surface area (Å²) in [6.07, 6.45) is 0.791. The summed E-state index contributed by atoms with van der Waals surface area (Å²) in [4.78, 5) is 28.6. The molecule has 0 saturated carbocycles. The number of benzene rings is 1. The highest BCUT2D eigenvalue weighted by atomic mass is 16.2. The van der Waals surface area contributed by atoms with E-state index in [2.05, 4.69) is 13.8 Å². The van der Waals surface area contributed by atoms with E-state index in [1.807, 2.05) is 19.0 Å². The van der Waals surface area contributed by atoms with E-state index in [4.69, 9.17) is 5.73 Å². The number of hydrogen-bond donors (Lipinski definition) is 1. The third-order valence-electron chi connectivity index (χ3n) is 3.63. The predicted molar refractivity (Wildman–Crippen MR) is 83.2 cm³/mol. The van der Waals surface area contributed by atoms with Crippen LogP contribution < -0.4 is 5.73 Å². The van der Waals surface area contributed by atoms with Crippen molar-refractivity contribution in [1.29, 1.82) is 0 Å². The standard InChI is InChI=1S/C16H23N3O2/c1-10(2)7-12(9-18(3)4)19-15(20)13-6-5-11(17)8-14(13)16(19)21/h5-6,8,10,12H,7,9,17H2,1-4H3. The number of nitrogens with two attached hydrogens (primary N) is 1. The molecular formula is C16H23N3O2. The van der Waals surface area contributed by atoms with Gasteiger partial charge in [0.2, 0.25) is 0 Å². The second-order valence-corrected chi connectivity index (χ2v) is 6.33. The molecular weight excluding hydrogens is 266 g/mol. The molecule has 5 heteroatoms. The zero-order valence-electron chi connectivity index (χ0n) is 13.1.